The number of likely N-dealkylation sites (tertiary alicyclic amines) is 1. The van der Waals surface area contributed by atoms with Crippen molar-refractivity contribution in [3.8, 4) is 0 Å². The Hall–Kier alpha value is -0.900. The Labute approximate surface area is 103 Å². The lowest BCUT2D eigenvalue weighted by Gasteiger charge is -2.25. The van der Waals surface area contributed by atoms with Gasteiger partial charge in [-0.2, -0.15) is 0 Å². The van der Waals surface area contributed by atoms with Crippen molar-refractivity contribution in [2.45, 2.75) is 51.5 Å². The summed E-state index contributed by atoms with van der Waals surface area (Å²) in [7, 11) is 0. The maximum Gasteiger partial charge on any atom is 0.233 e. The number of carbonyl (C=O) groups excluding carboxylic acids is 2. The Morgan fingerprint density at radius 2 is 1.76 bits per heavy atom. The average Bonchev–Trinajstić information content (AvgIpc) is 2.61. The molecule has 0 spiro atoms. The Bertz CT molecular complexity index is 293. The number of hydrogen-bond acceptors (Lipinski definition) is 3. The Morgan fingerprint density at radius 3 is 2.18 bits per heavy atom. The summed E-state index contributed by atoms with van der Waals surface area (Å²) in [6.45, 7) is 2.55. The highest BCUT2D eigenvalue weighted by Crippen LogP contribution is 2.39. The highest BCUT2D eigenvalue weighted by Gasteiger charge is 2.49. The van der Waals surface area contributed by atoms with Crippen LogP contribution in [-0.2, 0) is 9.59 Å². The van der Waals surface area contributed by atoms with Crippen LogP contribution in [0.4, 0.5) is 0 Å². The molecule has 0 aromatic rings. The first kappa shape index (κ1) is 12.6. The van der Waals surface area contributed by atoms with Gasteiger partial charge in [0.2, 0.25) is 11.8 Å². The van der Waals surface area contributed by atoms with E-state index in [2.05, 4.69) is 0 Å². The molecule has 3 atom stereocenters. The van der Waals surface area contributed by atoms with Crippen LogP contribution < -0.4 is 5.73 Å². The second kappa shape index (κ2) is 5.17. The van der Waals surface area contributed by atoms with Gasteiger partial charge in [-0.15, -0.1) is 0 Å². The lowest BCUT2D eigenvalue weighted by atomic mass is 9.81. The van der Waals surface area contributed by atoms with Crippen LogP contribution in [-0.4, -0.2) is 29.3 Å². The van der Waals surface area contributed by atoms with E-state index in [4.69, 9.17) is 5.73 Å². The van der Waals surface area contributed by atoms with Gasteiger partial charge in [0.1, 0.15) is 0 Å². The summed E-state index contributed by atoms with van der Waals surface area (Å²) in [5.74, 6) is 0.0890. The second-order valence-electron chi connectivity index (χ2n) is 5.18. The van der Waals surface area contributed by atoms with Crippen LogP contribution in [0.1, 0.15) is 45.4 Å². The van der Waals surface area contributed by atoms with Gasteiger partial charge in [-0.05, 0) is 32.2 Å². The molecule has 1 saturated heterocycles. The maximum atomic E-state index is 12.3. The van der Waals surface area contributed by atoms with Gasteiger partial charge in [-0.1, -0.05) is 19.8 Å². The smallest absolute Gasteiger partial charge is 0.233 e. The van der Waals surface area contributed by atoms with Crippen LogP contribution in [0.3, 0.4) is 0 Å². The normalized spacial score (nSPS) is 30.6. The first-order valence-corrected chi connectivity index (χ1v) is 6.77. The van der Waals surface area contributed by atoms with E-state index in [0.717, 1.165) is 38.5 Å². The lowest BCUT2D eigenvalue weighted by Crippen LogP contribution is -2.41. The fourth-order valence-electron chi connectivity index (χ4n) is 3.26. The van der Waals surface area contributed by atoms with Crippen molar-refractivity contribution < 1.29 is 9.59 Å². The minimum Gasteiger partial charge on any atom is -0.330 e. The first-order chi connectivity index (χ1) is 8.20. The molecular weight excluding hydrogens is 216 g/mol. The number of carbonyl (C=O) groups is 2. The molecule has 96 valence electrons. The molecule has 4 nitrogen and oxygen atoms in total. The maximum absolute atomic E-state index is 12.3. The van der Waals surface area contributed by atoms with Gasteiger partial charge in [0.05, 0.1) is 11.8 Å². The Morgan fingerprint density at radius 1 is 1.24 bits per heavy atom. The van der Waals surface area contributed by atoms with Crippen molar-refractivity contribution in [3.63, 3.8) is 0 Å². The number of amides is 2. The summed E-state index contributed by atoms with van der Waals surface area (Å²) in [5.41, 5.74) is 5.56. The number of fused-ring (bicyclic) bond motifs is 1. The van der Waals surface area contributed by atoms with E-state index in [0.29, 0.717) is 6.54 Å². The molecule has 2 amide bonds. The van der Waals surface area contributed by atoms with E-state index >= 15 is 0 Å². The second-order valence-corrected chi connectivity index (χ2v) is 5.18. The van der Waals surface area contributed by atoms with Crippen molar-refractivity contribution in [2.24, 2.45) is 17.6 Å². The van der Waals surface area contributed by atoms with E-state index < -0.39 is 0 Å². The summed E-state index contributed by atoms with van der Waals surface area (Å²) < 4.78 is 0. The summed E-state index contributed by atoms with van der Waals surface area (Å²) >= 11 is 0. The highest BCUT2D eigenvalue weighted by molar-refractivity contribution is 6.05. The standard InChI is InChI=1S/C13H22N2O2/c1-2-9(7-8-14)15-12(16)10-5-3-4-6-11(10)13(15)17/h9-11H,2-8,14H2,1H3. The molecule has 0 aromatic heterocycles. The average molecular weight is 238 g/mol. The third-order valence-corrected chi connectivity index (χ3v) is 4.21. The zero-order valence-corrected chi connectivity index (χ0v) is 10.5. The zero-order valence-electron chi connectivity index (χ0n) is 10.5. The molecule has 2 fully saturated rings. The Kier molecular flexibility index (Phi) is 3.82. The molecular formula is C13H22N2O2. The fourth-order valence-corrected chi connectivity index (χ4v) is 3.26. The van der Waals surface area contributed by atoms with Gasteiger partial charge in [0, 0.05) is 6.04 Å². The summed E-state index contributed by atoms with van der Waals surface area (Å²) in [5, 5.41) is 0. The van der Waals surface area contributed by atoms with E-state index in [1.54, 1.807) is 0 Å². The SMILES string of the molecule is CCC(CCN)N1C(=O)C2CCCCC2C1=O. The first-order valence-electron chi connectivity index (χ1n) is 6.77. The summed E-state index contributed by atoms with van der Waals surface area (Å²) in [6.07, 6.45) is 5.50. The molecule has 1 aliphatic heterocycles. The van der Waals surface area contributed by atoms with Gasteiger partial charge in [0.15, 0.2) is 0 Å². The summed E-state index contributed by atoms with van der Waals surface area (Å²) in [4.78, 5) is 26.1. The molecule has 2 N–H and O–H groups in total. The molecule has 2 rings (SSSR count). The molecule has 0 bridgehead atoms. The van der Waals surface area contributed by atoms with Crippen molar-refractivity contribution in [1.29, 1.82) is 0 Å². The number of rotatable bonds is 4. The van der Waals surface area contributed by atoms with Crippen molar-refractivity contribution in [2.75, 3.05) is 6.54 Å². The molecule has 1 aliphatic carbocycles. The number of nitrogens with zero attached hydrogens (tertiary/aromatic N) is 1. The van der Waals surface area contributed by atoms with Crippen molar-refractivity contribution in [1.82, 2.24) is 4.90 Å². The Balaban J connectivity index is 2.17. The quantitative estimate of drug-likeness (QED) is 0.751. The van der Waals surface area contributed by atoms with E-state index in [-0.39, 0.29) is 29.7 Å². The van der Waals surface area contributed by atoms with E-state index in [1.807, 2.05) is 6.92 Å². The van der Waals surface area contributed by atoms with Gasteiger partial charge >= 0.3 is 0 Å². The van der Waals surface area contributed by atoms with Crippen LogP contribution in [0.25, 0.3) is 0 Å². The predicted octanol–water partition coefficient (Wildman–Crippen LogP) is 1.29. The minimum absolute atomic E-state index is 0.0191. The molecule has 3 unspecified atom stereocenters. The van der Waals surface area contributed by atoms with Crippen LogP contribution in [0.2, 0.25) is 0 Å². The predicted molar refractivity (Wildman–Crippen MR) is 65.1 cm³/mol. The lowest BCUT2D eigenvalue weighted by molar-refractivity contribution is -0.142. The monoisotopic (exact) mass is 238 g/mol. The highest BCUT2D eigenvalue weighted by atomic mass is 16.2. The van der Waals surface area contributed by atoms with Crippen molar-refractivity contribution in [3.05, 3.63) is 0 Å². The van der Waals surface area contributed by atoms with Gasteiger partial charge in [-0.3, -0.25) is 14.5 Å². The summed E-state index contributed by atoms with van der Waals surface area (Å²) in [6, 6.07) is 0.0191. The third kappa shape index (κ3) is 2.10. The molecule has 1 saturated carbocycles. The molecule has 0 radical (unpaired) electrons. The van der Waals surface area contributed by atoms with Crippen LogP contribution in [0.15, 0.2) is 0 Å². The van der Waals surface area contributed by atoms with Crippen LogP contribution in [0, 0.1) is 11.8 Å². The molecule has 17 heavy (non-hydrogen) atoms. The number of imide groups is 1. The molecule has 4 heteroatoms. The fraction of sp³-hybridized carbons (Fsp3) is 0.846. The van der Waals surface area contributed by atoms with Gasteiger partial charge in [-0.25, -0.2) is 0 Å². The molecule has 0 aromatic carbocycles. The van der Waals surface area contributed by atoms with Crippen molar-refractivity contribution >= 4 is 11.8 Å². The molecule has 1 heterocycles. The van der Waals surface area contributed by atoms with Gasteiger partial charge < -0.3 is 5.73 Å². The van der Waals surface area contributed by atoms with Gasteiger partial charge in [0.25, 0.3) is 0 Å². The largest absolute Gasteiger partial charge is 0.330 e. The minimum atomic E-state index is -0.0249. The third-order valence-electron chi connectivity index (χ3n) is 4.21. The van der Waals surface area contributed by atoms with Crippen LogP contribution >= 0.6 is 0 Å². The topological polar surface area (TPSA) is 63.4 Å². The molecule has 2 aliphatic rings. The number of nitrogens with two attached hydrogens (primary N) is 1. The van der Waals surface area contributed by atoms with E-state index in [1.165, 1.54) is 4.90 Å². The number of hydrogen-bond donors (Lipinski definition) is 1. The van der Waals surface area contributed by atoms with E-state index in [9.17, 15) is 9.59 Å². The van der Waals surface area contributed by atoms with Crippen LogP contribution in [0.5, 0.6) is 0 Å². The zero-order chi connectivity index (χ0) is 12.4.